The average molecular weight is 482 g/mol. The van der Waals surface area contributed by atoms with E-state index in [4.69, 9.17) is 12.2 Å². The van der Waals surface area contributed by atoms with Gasteiger partial charge in [-0.3, -0.25) is 14.9 Å². The van der Waals surface area contributed by atoms with E-state index in [1.54, 1.807) is 36.4 Å². The SMILES string of the molecule is Cc1ccc(C(=O)NC(=S)Nc2cccc(NC(=O)Cc3ccccc3)c2)cc1Br. The fourth-order valence-corrected chi connectivity index (χ4v) is 3.32. The Balaban J connectivity index is 1.57. The molecule has 0 aliphatic rings. The zero-order valence-electron chi connectivity index (χ0n) is 16.2. The van der Waals surface area contributed by atoms with Crippen LogP contribution in [0.4, 0.5) is 11.4 Å². The minimum atomic E-state index is -0.305. The zero-order valence-corrected chi connectivity index (χ0v) is 18.6. The number of amides is 2. The van der Waals surface area contributed by atoms with Gasteiger partial charge >= 0.3 is 0 Å². The first-order valence-corrected chi connectivity index (χ1v) is 10.4. The molecule has 0 unspecified atom stereocenters. The third-order valence-electron chi connectivity index (χ3n) is 4.27. The van der Waals surface area contributed by atoms with Crippen molar-refractivity contribution in [3.8, 4) is 0 Å². The molecule has 3 N–H and O–H groups in total. The number of thiocarbonyl (C=S) groups is 1. The summed E-state index contributed by atoms with van der Waals surface area (Å²) in [6, 6.07) is 22.0. The Kier molecular flexibility index (Phi) is 7.32. The molecule has 0 saturated heterocycles. The second-order valence-electron chi connectivity index (χ2n) is 6.66. The van der Waals surface area contributed by atoms with Gasteiger partial charge in [0.05, 0.1) is 6.42 Å². The largest absolute Gasteiger partial charge is 0.332 e. The predicted molar refractivity (Wildman–Crippen MR) is 128 cm³/mol. The number of hydrogen-bond acceptors (Lipinski definition) is 3. The number of carbonyl (C=O) groups is 2. The maximum atomic E-state index is 12.4. The van der Waals surface area contributed by atoms with Gasteiger partial charge in [-0.15, -0.1) is 0 Å². The lowest BCUT2D eigenvalue weighted by atomic mass is 10.1. The van der Waals surface area contributed by atoms with E-state index in [2.05, 4.69) is 31.9 Å². The molecule has 3 rings (SSSR count). The highest BCUT2D eigenvalue weighted by atomic mass is 79.9. The first-order valence-electron chi connectivity index (χ1n) is 9.23. The quantitative estimate of drug-likeness (QED) is 0.445. The molecule has 0 aliphatic heterocycles. The van der Waals surface area contributed by atoms with Crippen LogP contribution in [0.3, 0.4) is 0 Å². The molecule has 0 bridgehead atoms. The molecule has 0 saturated carbocycles. The van der Waals surface area contributed by atoms with Gasteiger partial charge in [-0.05, 0) is 60.6 Å². The van der Waals surface area contributed by atoms with Crippen LogP contribution in [-0.4, -0.2) is 16.9 Å². The third-order valence-corrected chi connectivity index (χ3v) is 5.33. The highest BCUT2D eigenvalue weighted by Crippen LogP contribution is 2.18. The van der Waals surface area contributed by atoms with Crippen molar-refractivity contribution >= 4 is 56.4 Å². The number of anilines is 2. The topological polar surface area (TPSA) is 70.2 Å². The van der Waals surface area contributed by atoms with Crippen LogP contribution in [0.25, 0.3) is 0 Å². The average Bonchev–Trinajstić information content (AvgIpc) is 2.70. The van der Waals surface area contributed by atoms with Crippen molar-refractivity contribution in [3.63, 3.8) is 0 Å². The van der Waals surface area contributed by atoms with Crippen molar-refractivity contribution in [1.29, 1.82) is 0 Å². The molecule has 0 radical (unpaired) electrons. The highest BCUT2D eigenvalue weighted by molar-refractivity contribution is 9.10. The first kappa shape index (κ1) is 21.7. The van der Waals surface area contributed by atoms with E-state index in [0.717, 1.165) is 15.6 Å². The van der Waals surface area contributed by atoms with E-state index in [-0.39, 0.29) is 16.9 Å². The Morgan fingerprint density at radius 1 is 0.900 bits per heavy atom. The van der Waals surface area contributed by atoms with Crippen LogP contribution in [0.15, 0.2) is 77.3 Å². The minimum absolute atomic E-state index is 0.112. The molecule has 0 atom stereocenters. The normalized spacial score (nSPS) is 10.2. The Labute approximate surface area is 189 Å². The molecule has 5 nitrogen and oxygen atoms in total. The molecule has 30 heavy (non-hydrogen) atoms. The summed E-state index contributed by atoms with van der Waals surface area (Å²) in [4.78, 5) is 24.6. The standard InChI is InChI=1S/C23H20BrN3O2S/c1-15-10-11-17(13-20(15)24)22(29)27-23(30)26-19-9-5-8-18(14-19)25-21(28)12-16-6-3-2-4-7-16/h2-11,13-14H,12H2,1H3,(H,25,28)(H2,26,27,29,30). The van der Waals surface area contributed by atoms with E-state index >= 15 is 0 Å². The zero-order chi connectivity index (χ0) is 21.5. The van der Waals surface area contributed by atoms with Gasteiger partial charge in [0, 0.05) is 21.4 Å². The number of benzene rings is 3. The summed E-state index contributed by atoms with van der Waals surface area (Å²) in [5, 5.41) is 8.66. The summed E-state index contributed by atoms with van der Waals surface area (Å²) >= 11 is 8.67. The van der Waals surface area contributed by atoms with Gasteiger partial charge in [-0.1, -0.05) is 58.4 Å². The van der Waals surface area contributed by atoms with Crippen LogP contribution < -0.4 is 16.0 Å². The van der Waals surface area contributed by atoms with Crippen LogP contribution in [0.2, 0.25) is 0 Å². The highest BCUT2D eigenvalue weighted by Gasteiger charge is 2.10. The molecular formula is C23H20BrN3O2S. The van der Waals surface area contributed by atoms with E-state index in [1.807, 2.05) is 43.3 Å². The van der Waals surface area contributed by atoms with Gasteiger partial charge in [-0.2, -0.15) is 0 Å². The molecular weight excluding hydrogens is 462 g/mol. The van der Waals surface area contributed by atoms with Gasteiger partial charge in [0.25, 0.3) is 5.91 Å². The summed E-state index contributed by atoms with van der Waals surface area (Å²) < 4.78 is 0.855. The number of hydrogen-bond donors (Lipinski definition) is 3. The lowest BCUT2D eigenvalue weighted by Gasteiger charge is -2.12. The fourth-order valence-electron chi connectivity index (χ4n) is 2.73. The van der Waals surface area contributed by atoms with E-state index in [1.165, 1.54) is 0 Å². The fraction of sp³-hybridized carbons (Fsp3) is 0.0870. The predicted octanol–water partition coefficient (Wildman–Crippen LogP) is 5.07. The molecule has 0 aromatic heterocycles. The maximum Gasteiger partial charge on any atom is 0.257 e. The van der Waals surface area contributed by atoms with Crippen LogP contribution in [0.1, 0.15) is 21.5 Å². The number of carbonyl (C=O) groups excluding carboxylic acids is 2. The van der Waals surface area contributed by atoms with Crippen LogP contribution in [0.5, 0.6) is 0 Å². The number of nitrogens with one attached hydrogen (secondary N) is 3. The van der Waals surface area contributed by atoms with E-state index < -0.39 is 0 Å². The molecule has 0 heterocycles. The number of aryl methyl sites for hydroxylation is 1. The molecule has 2 amide bonds. The molecule has 0 fully saturated rings. The van der Waals surface area contributed by atoms with Crippen molar-refractivity contribution in [2.75, 3.05) is 10.6 Å². The summed E-state index contributed by atoms with van der Waals surface area (Å²) in [5.74, 6) is -0.417. The molecule has 3 aromatic carbocycles. The number of rotatable bonds is 5. The summed E-state index contributed by atoms with van der Waals surface area (Å²) in [5.41, 5.74) is 3.77. The van der Waals surface area contributed by atoms with Gasteiger partial charge in [0.15, 0.2) is 5.11 Å². The van der Waals surface area contributed by atoms with Crippen molar-refractivity contribution in [2.45, 2.75) is 13.3 Å². The smallest absolute Gasteiger partial charge is 0.257 e. The van der Waals surface area contributed by atoms with Crippen molar-refractivity contribution in [1.82, 2.24) is 5.32 Å². The van der Waals surface area contributed by atoms with Crippen molar-refractivity contribution < 1.29 is 9.59 Å². The number of halogens is 1. The molecule has 0 aliphatic carbocycles. The van der Waals surface area contributed by atoms with Crippen molar-refractivity contribution in [2.24, 2.45) is 0 Å². The molecule has 152 valence electrons. The maximum absolute atomic E-state index is 12.4. The second kappa shape index (κ2) is 10.1. The van der Waals surface area contributed by atoms with Gasteiger partial charge < -0.3 is 10.6 Å². The van der Waals surface area contributed by atoms with E-state index in [0.29, 0.717) is 23.4 Å². The molecule has 3 aromatic rings. The summed E-state index contributed by atoms with van der Waals surface area (Å²) in [6.07, 6.45) is 0.291. The minimum Gasteiger partial charge on any atom is -0.332 e. The van der Waals surface area contributed by atoms with Crippen LogP contribution in [0, 0.1) is 6.92 Å². The second-order valence-corrected chi connectivity index (χ2v) is 7.93. The van der Waals surface area contributed by atoms with E-state index in [9.17, 15) is 9.59 Å². The van der Waals surface area contributed by atoms with Gasteiger partial charge in [-0.25, -0.2) is 0 Å². The lowest BCUT2D eigenvalue weighted by molar-refractivity contribution is -0.115. The van der Waals surface area contributed by atoms with Crippen LogP contribution in [-0.2, 0) is 11.2 Å². The van der Waals surface area contributed by atoms with Crippen molar-refractivity contribution in [3.05, 3.63) is 94.0 Å². The Bertz CT molecular complexity index is 1090. The molecule has 0 spiro atoms. The Morgan fingerprint density at radius 2 is 1.60 bits per heavy atom. The Morgan fingerprint density at radius 3 is 2.30 bits per heavy atom. The first-order chi connectivity index (χ1) is 14.4. The Hall–Kier alpha value is -3.03. The van der Waals surface area contributed by atoms with Gasteiger partial charge in [0.2, 0.25) is 5.91 Å². The monoisotopic (exact) mass is 481 g/mol. The molecule has 7 heteroatoms. The lowest BCUT2D eigenvalue weighted by Crippen LogP contribution is -2.34. The van der Waals surface area contributed by atoms with Gasteiger partial charge in [0.1, 0.15) is 0 Å². The van der Waals surface area contributed by atoms with Crippen LogP contribution >= 0.6 is 28.1 Å². The summed E-state index contributed by atoms with van der Waals surface area (Å²) in [6.45, 7) is 1.95. The summed E-state index contributed by atoms with van der Waals surface area (Å²) in [7, 11) is 0. The third kappa shape index (κ3) is 6.23.